The highest BCUT2D eigenvalue weighted by Gasteiger charge is 2.30. The molecule has 25 heavy (non-hydrogen) atoms. The Hall–Kier alpha value is -2.18. The Balaban J connectivity index is 2.09. The van der Waals surface area contributed by atoms with Gasteiger partial charge in [-0.1, -0.05) is 54.1 Å². The minimum absolute atomic E-state index is 0.596. The molecular formula is C22H24NOP. The summed E-state index contributed by atoms with van der Waals surface area (Å²) < 4.78 is 14.3. The standard InChI is InChI=1S/C22H24NOP/c1-17-15-18(2)22(19(3)16-17)25(24,21-10-5-4-6-11-21)14-12-20-9-7-8-13-23-20/h4-11,13,15-16H,12,14H2,1-3H3/t25-/m1/s1. The van der Waals surface area contributed by atoms with E-state index in [1.165, 1.54) is 5.56 Å². The largest absolute Gasteiger partial charge is 0.314 e. The number of rotatable bonds is 5. The molecule has 3 rings (SSSR count). The molecule has 3 heteroatoms. The average molecular weight is 349 g/mol. The highest BCUT2D eigenvalue weighted by atomic mass is 31.2. The molecule has 1 heterocycles. The summed E-state index contributed by atoms with van der Waals surface area (Å²) in [7, 11) is -2.72. The van der Waals surface area contributed by atoms with Gasteiger partial charge < -0.3 is 4.57 Å². The van der Waals surface area contributed by atoms with Crippen LogP contribution in [-0.4, -0.2) is 11.1 Å². The molecule has 1 aromatic heterocycles. The molecular weight excluding hydrogens is 325 g/mol. The van der Waals surface area contributed by atoms with Gasteiger partial charge >= 0.3 is 0 Å². The third-order valence-electron chi connectivity index (χ3n) is 4.58. The minimum atomic E-state index is -2.72. The van der Waals surface area contributed by atoms with E-state index >= 15 is 0 Å². The van der Waals surface area contributed by atoms with Crippen LogP contribution < -0.4 is 10.6 Å². The van der Waals surface area contributed by atoms with Crippen molar-refractivity contribution in [3.63, 3.8) is 0 Å². The lowest BCUT2D eigenvalue weighted by atomic mass is 10.1. The van der Waals surface area contributed by atoms with E-state index in [9.17, 15) is 4.57 Å². The van der Waals surface area contributed by atoms with Crippen molar-refractivity contribution in [1.29, 1.82) is 0 Å². The quantitative estimate of drug-likeness (QED) is 0.632. The van der Waals surface area contributed by atoms with Gasteiger partial charge in [0.2, 0.25) is 0 Å². The number of benzene rings is 2. The monoisotopic (exact) mass is 349 g/mol. The second-order valence-corrected chi connectivity index (χ2v) is 9.51. The maximum atomic E-state index is 14.3. The maximum absolute atomic E-state index is 14.3. The van der Waals surface area contributed by atoms with Gasteiger partial charge in [0, 0.05) is 28.7 Å². The molecule has 128 valence electrons. The Labute approximate surface area is 150 Å². The van der Waals surface area contributed by atoms with E-state index in [-0.39, 0.29) is 0 Å². The smallest absolute Gasteiger partial charge is 0.144 e. The predicted octanol–water partition coefficient (Wildman–Crippen LogP) is 4.56. The first kappa shape index (κ1) is 17.6. The Morgan fingerprint density at radius 1 is 0.880 bits per heavy atom. The van der Waals surface area contributed by atoms with E-state index in [1.807, 2.05) is 48.5 Å². The maximum Gasteiger partial charge on any atom is 0.144 e. The van der Waals surface area contributed by atoms with Crippen molar-refractivity contribution in [2.75, 3.05) is 6.16 Å². The van der Waals surface area contributed by atoms with Gasteiger partial charge in [0.25, 0.3) is 0 Å². The van der Waals surface area contributed by atoms with Crippen LogP contribution in [0.25, 0.3) is 0 Å². The van der Waals surface area contributed by atoms with Crippen LogP contribution >= 0.6 is 7.14 Å². The first-order chi connectivity index (χ1) is 12.0. The lowest BCUT2D eigenvalue weighted by Gasteiger charge is -2.23. The fourth-order valence-electron chi connectivity index (χ4n) is 3.60. The first-order valence-corrected chi connectivity index (χ1v) is 10.5. The number of aryl methyl sites for hydroxylation is 4. The molecule has 0 aliphatic heterocycles. The summed E-state index contributed by atoms with van der Waals surface area (Å²) >= 11 is 0. The first-order valence-electron chi connectivity index (χ1n) is 8.64. The third kappa shape index (κ3) is 3.75. The summed E-state index contributed by atoms with van der Waals surface area (Å²) in [5, 5.41) is 1.95. The molecule has 2 aromatic carbocycles. The van der Waals surface area contributed by atoms with Crippen LogP contribution in [0, 0.1) is 20.8 Å². The third-order valence-corrected chi connectivity index (χ3v) is 7.99. The molecule has 0 N–H and O–H groups in total. The molecule has 0 spiro atoms. The molecule has 0 radical (unpaired) electrons. The molecule has 0 bridgehead atoms. The zero-order valence-corrected chi connectivity index (χ0v) is 16.0. The molecule has 0 amide bonds. The highest BCUT2D eigenvalue weighted by molar-refractivity contribution is 7.78. The van der Waals surface area contributed by atoms with Crippen LogP contribution in [0.1, 0.15) is 22.4 Å². The van der Waals surface area contributed by atoms with Crippen LogP contribution in [0.15, 0.2) is 66.9 Å². The molecule has 0 saturated carbocycles. The zero-order valence-electron chi connectivity index (χ0n) is 15.1. The van der Waals surface area contributed by atoms with Gasteiger partial charge in [0.1, 0.15) is 7.14 Å². The second-order valence-electron chi connectivity index (χ2n) is 6.62. The van der Waals surface area contributed by atoms with E-state index in [0.29, 0.717) is 12.6 Å². The lowest BCUT2D eigenvalue weighted by molar-refractivity contribution is 0.586. The van der Waals surface area contributed by atoms with Crippen molar-refractivity contribution >= 4 is 17.8 Å². The van der Waals surface area contributed by atoms with E-state index in [4.69, 9.17) is 0 Å². The molecule has 0 aliphatic carbocycles. The predicted molar refractivity (Wildman–Crippen MR) is 107 cm³/mol. The Morgan fingerprint density at radius 3 is 2.12 bits per heavy atom. The molecule has 3 aromatic rings. The molecule has 1 atom stereocenters. The van der Waals surface area contributed by atoms with Gasteiger partial charge in [0.05, 0.1) is 0 Å². The fraction of sp³-hybridized carbons (Fsp3) is 0.227. The fourth-order valence-corrected chi connectivity index (χ4v) is 6.81. The van der Waals surface area contributed by atoms with Crippen molar-refractivity contribution < 1.29 is 4.57 Å². The van der Waals surface area contributed by atoms with E-state index in [0.717, 1.165) is 27.4 Å². The SMILES string of the molecule is Cc1cc(C)c([P@@](=O)(CCc2ccccn2)c2ccccc2)c(C)c1. The summed E-state index contributed by atoms with van der Waals surface area (Å²) in [6.45, 7) is 6.24. The number of hydrogen-bond donors (Lipinski definition) is 0. The van der Waals surface area contributed by atoms with Gasteiger partial charge in [-0.15, -0.1) is 0 Å². The number of nitrogens with zero attached hydrogens (tertiary/aromatic N) is 1. The summed E-state index contributed by atoms with van der Waals surface area (Å²) in [6, 6.07) is 20.1. The van der Waals surface area contributed by atoms with Gasteiger partial charge in [-0.2, -0.15) is 0 Å². The summed E-state index contributed by atoms with van der Waals surface area (Å²) in [6.07, 6.45) is 3.10. The summed E-state index contributed by atoms with van der Waals surface area (Å²) in [4.78, 5) is 4.41. The van der Waals surface area contributed by atoms with E-state index < -0.39 is 7.14 Å². The van der Waals surface area contributed by atoms with Crippen LogP contribution in [0.5, 0.6) is 0 Å². The Morgan fingerprint density at radius 2 is 1.52 bits per heavy atom. The molecule has 0 saturated heterocycles. The summed E-state index contributed by atoms with van der Waals surface area (Å²) in [5.41, 5.74) is 4.43. The van der Waals surface area contributed by atoms with Crippen molar-refractivity contribution in [2.24, 2.45) is 0 Å². The molecule has 2 nitrogen and oxygen atoms in total. The van der Waals surface area contributed by atoms with Crippen molar-refractivity contribution in [3.05, 3.63) is 89.2 Å². The normalized spacial score (nSPS) is 13.4. The number of hydrogen-bond acceptors (Lipinski definition) is 2. The second kappa shape index (κ2) is 7.37. The van der Waals surface area contributed by atoms with E-state index in [2.05, 4.69) is 37.9 Å². The molecule has 0 aliphatic rings. The van der Waals surface area contributed by atoms with Crippen LogP contribution in [0.2, 0.25) is 0 Å². The Kier molecular flexibility index (Phi) is 5.20. The van der Waals surface area contributed by atoms with Crippen molar-refractivity contribution in [3.8, 4) is 0 Å². The highest BCUT2D eigenvalue weighted by Crippen LogP contribution is 2.45. The van der Waals surface area contributed by atoms with E-state index in [1.54, 1.807) is 6.20 Å². The Bertz CT molecular complexity index is 881. The summed E-state index contributed by atoms with van der Waals surface area (Å²) in [5.74, 6) is 0. The van der Waals surface area contributed by atoms with Crippen LogP contribution in [0.4, 0.5) is 0 Å². The van der Waals surface area contributed by atoms with Crippen LogP contribution in [-0.2, 0) is 11.0 Å². The zero-order chi connectivity index (χ0) is 17.9. The van der Waals surface area contributed by atoms with Crippen molar-refractivity contribution in [1.82, 2.24) is 4.98 Å². The van der Waals surface area contributed by atoms with Crippen molar-refractivity contribution in [2.45, 2.75) is 27.2 Å². The number of aromatic nitrogens is 1. The van der Waals surface area contributed by atoms with Gasteiger partial charge in [0.15, 0.2) is 0 Å². The minimum Gasteiger partial charge on any atom is -0.314 e. The number of pyridine rings is 1. The van der Waals surface area contributed by atoms with Gasteiger partial charge in [-0.25, -0.2) is 0 Å². The average Bonchev–Trinajstić information content (AvgIpc) is 2.61. The van der Waals surface area contributed by atoms with Gasteiger partial charge in [-0.3, -0.25) is 4.98 Å². The van der Waals surface area contributed by atoms with Crippen LogP contribution in [0.3, 0.4) is 0 Å². The molecule has 0 fully saturated rings. The topological polar surface area (TPSA) is 30.0 Å². The molecule has 0 unspecified atom stereocenters. The van der Waals surface area contributed by atoms with Gasteiger partial charge in [-0.05, 0) is 50.5 Å². The lowest BCUT2D eigenvalue weighted by Crippen LogP contribution is -2.24.